The minimum atomic E-state index is -0.971. The molecular formula is C38H50N4O3. The second-order valence-corrected chi connectivity index (χ2v) is 14.8. The number of methoxy groups -OCH3 is 1. The second-order valence-electron chi connectivity index (χ2n) is 14.8. The molecule has 7 nitrogen and oxygen atoms in total. The van der Waals surface area contributed by atoms with Gasteiger partial charge < -0.3 is 19.7 Å². The summed E-state index contributed by atoms with van der Waals surface area (Å²) < 4.78 is 5.34. The summed E-state index contributed by atoms with van der Waals surface area (Å²) in [6.45, 7) is 4.29. The summed E-state index contributed by atoms with van der Waals surface area (Å²) in [7, 11) is 1.49. The third-order valence-electron chi connectivity index (χ3n) is 12.2. The van der Waals surface area contributed by atoms with Crippen LogP contribution in [0, 0.1) is 11.3 Å². The quantitative estimate of drug-likeness (QED) is 0.305. The highest BCUT2D eigenvalue weighted by molar-refractivity contribution is 5.87. The summed E-state index contributed by atoms with van der Waals surface area (Å²) in [6, 6.07) is 8.28. The first-order valence-electron chi connectivity index (χ1n) is 17.7. The molecule has 8 rings (SSSR count). The summed E-state index contributed by atoms with van der Waals surface area (Å²) >= 11 is 0. The monoisotopic (exact) mass is 610 g/mol. The van der Waals surface area contributed by atoms with Crippen LogP contribution in [0.4, 0.5) is 0 Å². The van der Waals surface area contributed by atoms with Gasteiger partial charge in [0.05, 0.1) is 24.8 Å². The van der Waals surface area contributed by atoms with E-state index in [4.69, 9.17) is 4.74 Å². The van der Waals surface area contributed by atoms with Crippen molar-refractivity contribution < 1.29 is 14.6 Å². The standard InChI is InChI=1S/C38H50N4O3/c1-45-35(43)32-22-28-27-15-9-10-16-31(27)39-33(28)34(40-32)29-24-38(44)18-11-5-2-3-6-12-19-41-21-17-30(29)37(25-41)23-26-14-8-4-7-13-20-42(26)36(37)38/h2,5,8-10,14-16,24,26,30,32,34,36,39-40,44H,3-4,6-7,11-13,17-23,25H2,1H3/b5-2-,14-8-/t26-,30-,32?,34?,36+,37-,38-/m0/s1. The smallest absolute Gasteiger partial charge is 0.323 e. The number of aromatic amines is 1. The zero-order chi connectivity index (χ0) is 30.6. The molecule has 1 aliphatic carbocycles. The number of aromatic nitrogens is 1. The van der Waals surface area contributed by atoms with E-state index < -0.39 is 11.6 Å². The van der Waals surface area contributed by atoms with E-state index in [-0.39, 0.29) is 23.5 Å². The maximum atomic E-state index is 13.2. The van der Waals surface area contributed by atoms with Crippen molar-refractivity contribution in [3.63, 3.8) is 0 Å². The number of aliphatic hydroxyl groups is 1. The van der Waals surface area contributed by atoms with Gasteiger partial charge >= 0.3 is 5.97 Å². The van der Waals surface area contributed by atoms with Crippen LogP contribution in [0.15, 0.2) is 60.2 Å². The zero-order valence-corrected chi connectivity index (χ0v) is 26.8. The molecule has 0 amide bonds. The van der Waals surface area contributed by atoms with Crippen molar-refractivity contribution in [2.75, 3.05) is 33.3 Å². The third-order valence-corrected chi connectivity index (χ3v) is 12.2. The zero-order valence-electron chi connectivity index (χ0n) is 26.8. The Bertz CT molecular complexity index is 1530. The fourth-order valence-electron chi connectivity index (χ4n) is 10.5. The van der Waals surface area contributed by atoms with Gasteiger partial charge in [-0.25, -0.2) is 0 Å². The number of carbonyl (C=O) groups is 1. The maximum Gasteiger partial charge on any atom is 0.323 e. The van der Waals surface area contributed by atoms with E-state index in [1.807, 2.05) is 0 Å². The van der Waals surface area contributed by atoms with E-state index in [1.54, 1.807) is 0 Å². The number of carbonyl (C=O) groups excluding carboxylic acids is 1. The van der Waals surface area contributed by atoms with Gasteiger partial charge in [0.2, 0.25) is 0 Å². The molecule has 0 radical (unpaired) electrons. The van der Waals surface area contributed by atoms with Gasteiger partial charge in [0.1, 0.15) is 6.04 Å². The molecule has 3 unspecified atom stereocenters. The number of piperidine rings is 1. The van der Waals surface area contributed by atoms with Gasteiger partial charge in [0, 0.05) is 41.0 Å². The van der Waals surface area contributed by atoms with Crippen LogP contribution >= 0.6 is 0 Å². The summed E-state index contributed by atoms with van der Waals surface area (Å²) in [4.78, 5) is 22.4. The number of hydrogen-bond donors (Lipinski definition) is 3. The van der Waals surface area contributed by atoms with E-state index in [0.29, 0.717) is 24.8 Å². The largest absolute Gasteiger partial charge is 0.468 e. The molecule has 1 aromatic heterocycles. The molecule has 5 aliphatic heterocycles. The Morgan fingerprint density at radius 1 is 1.02 bits per heavy atom. The van der Waals surface area contributed by atoms with E-state index in [2.05, 4.69) is 74.7 Å². The fourth-order valence-corrected chi connectivity index (χ4v) is 10.5. The minimum absolute atomic E-state index is 0.0692. The number of allylic oxidation sites excluding steroid dienone is 3. The lowest BCUT2D eigenvalue weighted by atomic mass is 9.54. The number of nitrogens with zero attached hydrogens (tertiary/aromatic N) is 2. The number of benzene rings is 1. The van der Waals surface area contributed by atoms with E-state index in [9.17, 15) is 9.90 Å². The lowest BCUT2D eigenvalue weighted by Crippen LogP contribution is -2.66. The molecule has 240 valence electrons. The van der Waals surface area contributed by atoms with Gasteiger partial charge in [0.25, 0.3) is 0 Å². The highest BCUT2D eigenvalue weighted by Crippen LogP contribution is 2.61. The van der Waals surface area contributed by atoms with Gasteiger partial charge in [-0.05, 0) is 107 Å². The van der Waals surface area contributed by atoms with Crippen molar-refractivity contribution in [3.05, 3.63) is 71.5 Å². The second kappa shape index (κ2) is 11.8. The van der Waals surface area contributed by atoms with Crippen molar-refractivity contribution in [2.24, 2.45) is 11.3 Å². The number of para-hydroxylation sites is 1. The van der Waals surface area contributed by atoms with Crippen molar-refractivity contribution in [2.45, 2.75) is 100 Å². The van der Waals surface area contributed by atoms with Crippen molar-refractivity contribution >= 4 is 16.9 Å². The molecule has 3 N–H and O–H groups in total. The SMILES string of the molecule is COC(=O)C1Cc2c([nH]c3ccccc23)C(C2=C[C@@]3(O)CC/C=C\CCCCN4CC[C@@H]2[C@]2(C[C@@H]5/C=C\CCCCN5[C@H]23)C4)N1. The van der Waals surface area contributed by atoms with Crippen LogP contribution in [0.1, 0.15) is 81.5 Å². The number of ether oxygens (including phenoxy) is 1. The van der Waals surface area contributed by atoms with Gasteiger partial charge in [0.15, 0.2) is 0 Å². The molecule has 1 spiro atoms. The van der Waals surface area contributed by atoms with Crippen LogP contribution in [-0.2, 0) is 16.0 Å². The molecule has 2 aromatic rings. The lowest BCUT2D eigenvalue weighted by molar-refractivity contribution is -0.143. The molecule has 0 saturated carbocycles. The predicted octanol–water partition coefficient (Wildman–Crippen LogP) is 5.58. The molecule has 6 heterocycles. The molecule has 7 heteroatoms. The molecule has 2 fully saturated rings. The number of hydrogen-bond acceptors (Lipinski definition) is 6. The first-order chi connectivity index (χ1) is 22.0. The fraction of sp³-hybridized carbons (Fsp3) is 0.605. The predicted molar refractivity (Wildman–Crippen MR) is 178 cm³/mol. The Morgan fingerprint density at radius 3 is 2.73 bits per heavy atom. The molecule has 45 heavy (non-hydrogen) atoms. The number of esters is 1. The first kappa shape index (κ1) is 29.7. The van der Waals surface area contributed by atoms with Crippen LogP contribution < -0.4 is 5.32 Å². The van der Waals surface area contributed by atoms with Gasteiger partial charge in [-0.15, -0.1) is 0 Å². The molecule has 1 aromatic carbocycles. The minimum Gasteiger partial charge on any atom is -0.468 e. The van der Waals surface area contributed by atoms with Crippen molar-refractivity contribution in [1.82, 2.24) is 20.1 Å². The highest BCUT2D eigenvalue weighted by atomic mass is 16.5. The van der Waals surface area contributed by atoms with Crippen LogP contribution in [0.25, 0.3) is 10.9 Å². The Balaban J connectivity index is 1.31. The lowest BCUT2D eigenvalue weighted by Gasteiger charge is -2.59. The van der Waals surface area contributed by atoms with Gasteiger partial charge in [-0.1, -0.05) is 48.6 Å². The summed E-state index contributed by atoms with van der Waals surface area (Å²) in [5.74, 6) is 0.0960. The highest BCUT2D eigenvalue weighted by Gasteiger charge is 2.66. The normalized spacial score (nSPS) is 39.9. The topological polar surface area (TPSA) is 80.8 Å². The van der Waals surface area contributed by atoms with Crippen LogP contribution in [-0.4, -0.2) is 82.9 Å². The van der Waals surface area contributed by atoms with Crippen LogP contribution in [0.3, 0.4) is 0 Å². The third kappa shape index (κ3) is 4.97. The molecular weight excluding hydrogens is 560 g/mol. The molecule has 8 atom stereocenters. The van der Waals surface area contributed by atoms with Gasteiger partial charge in [-0.2, -0.15) is 0 Å². The summed E-state index contributed by atoms with van der Waals surface area (Å²) in [6.07, 6.45) is 23.3. The van der Waals surface area contributed by atoms with Crippen molar-refractivity contribution in [1.29, 1.82) is 0 Å². The number of H-pyrrole nitrogens is 1. The first-order valence-corrected chi connectivity index (χ1v) is 17.7. The van der Waals surface area contributed by atoms with Crippen molar-refractivity contribution in [3.8, 4) is 0 Å². The van der Waals surface area contributed by atoms with E-state index >= 15 is 0 Å². The van der Waals surface area contributed by atoms with Gasteiger partial charge in [-0.3, -0.25) is 15.0 Å². The Labute approximate surface area is 267 Å². The van der Waals surface area contributed by atoms with E-state index in [0.717, 1.165) is 69.5 Å². The molecule has 6 aliphatic rings. The molecule has 2 saturated heterocycles. The molecule has 3 bridgehead atoms. The summed E-state index contributed by atoms with van der Waals surface area (Å²) in [5, 5.41) is 18.2. The summed E-state index contributed by atoms with van der Waals surface area (Å²) in [5.41, 5.74) is 3.71. The van der Waals surface area contributed by atoms with E-state index in [1.165, 1.54) is 49.3 Å². The van der Waals surface area contributed by atoms with Crippen LogP contribution in [0.5, 0.6) is 0 Å². The Morgan fingerprint density at radius 2 is 1.84 bits per heavy atom. The Kier molecular flexibility index (Phi) is 7.80. The average Bonchev–Trinajstić information content (AvgIpc) is 3.56. The number of fused-ring (bicyclic) bond motifs is 5. The number of rotatable bonds is 2. The number of nitrogens with one attached hydrogen (secondary N) is 2. The maximum absolute atomic E-state index is 13.2. The average molecular weight is 611 g/mol. The Hall–Kier alpha value is -2.71. The van der Waals surface area contributed by atoms with Crippen LogP contribution in [0.2, 0.25) is 0 Å².